The standard InChI is InChI=1S/C10H19N3/c1-5-6-10-9(7-8(2)3)11-12-13(10)4/h8H,5-7H2,1-4H3. The summed E-state index contributed by atoms with van der Waals surface area (Å²) < 4.78 is 1.90. The van der Waals surface area contributed by atoms with Crippen molar-refractivity contribution < 1.29 is 0 Å². The second-order valence-corrected chi connectivity index (χ2v) is 3.95. The van der Waals surface area contributed by atoms with Gasteiger partial charge in [0.15, 0.2) is 0 Å². The number of nitrogens with zero attached hydrogens (tertiary/aromatic N) is 3. The first kappa shape index (κ1) is 10.2. The van der Waals surface area contributed by atoms with Crippen LogP contribution in [0.15, 0.2) is 0 Å². The third-order valence-electron chi connectivity index (χ3n) is 2.11. The van der Waals surface area contributed by atoms with Gasteiger partial charge in [0.05, 0.1) is 11.4 Å². The molecule has 1 rings (SSSR count). The van der Waals surface area contributed by atoms with Gasteiger partial charge in [0, 0.05) is 7.05 Å². The van der Waals surface area contributed by atoms with Gasteiger partial charge in [-0.1, -0.05) is 32.4 Å². The van der Waals surface area contributed by atoms with Crippen molar-refractivity contribution >= 4 is 0 Å². The zero-order chi connectivity index (χ0) is 9.84. The molecule has 0 amide bonds. The van der Waals surface area contributed by atoms with Crippen LogP contribution in [0.3, 0.4) is 0 Å². The van der Waals surface area contributed by atoms with Crippen LogP contribution < -0.4 is 0 Å². The Morgan fingerprint density at radius 1 is 1.38 bits per heavy atom. The van der Waals surface area contributed by atoms with Gasteiger partial charge in [-0.05, 0) is 18.8 Å². The molecule has 0 fully saturated rings. The van der Waals surface area contributed by atoms with Gasteiger partial charge < -0.3 is 0 Å². The quantitative estimate of drug-likeness (QED) is 0.711. The molecule has 0 saturated carbocycles. The molecule has 0 aliphatic rings. The summed E-state index contributed by atoms with van der Waals surface area (Å²) in [6.07, 6.45) is 3.29. The third kappa shape index (κ3) is 2.54. The fraction of sp³-hybridized carbons (Fsp3) is 0.800. The monoisotopic (exact) mass is 181 g/mol. The van der Waals surface area contributed by atoms with Gasteiger partial charge in [-0.3, -0.25) is 4.68 Å². The maximum Gasteiger partial charge on any atom is 0.0861 e. The van der Waals surface area contributed by atoms with Crippen molar-refractivity contribution in [1.29, 1.82) is 0 Å². The second kappa shape index (κ2) is 4.40. The molecule has 0 bridgehead atoms. The molecule has 0 atom stereocenters. The van der Waals surface area contributed by atoms with Crippen LogP contribution in [0.4, 0.5) is 0 Å². The van der Waals surface area contributed by atoms with Crippen LogP contribution in [-0.4, -0.2) is 15.0 Å². The smallest absolute Gasteiger partial charge is 0.0861 e. The summed E-state index contributed by atoms with van der Waals surface area (Å²) in [5.74, 6) is 0.660. The Bertz CT molecular complexity index is 263. The van der Waals surface area contributed by atoms with E-state index in [0.717, 1.165) is 19.3 Å². The zero-order valence-corrected chi connectivity index (χ0v) is 9.04. The molecule has 74 valence electrons. The summed E-state index contributed by atoms with van der Waals surface area (Å²) in [5, 5.41) is 8.24. The van der Waals surface area contributed by atoms with E-state index in [0.29, 0.717) is 5.92 Å². The Hall–Kier alpha value is -0.860. The molecule has 1 heterocycles. The van der Waals surface area contributed by atoms with Gasteiger partial charge in [0.25, 0.3) is 0 Å². The highest BCUT2D eigenvalue weighted by molar-refractivity contribution is 5.10. The molecular weight excluding hydrogens is 162 g/mol. The Kier molecular flexibility index (Phi) is 3.46. The average Bonchev–Trinajstić information content (AvgIpc) is 2.35. The summed E-state index contributed by atoms with van der Waals surface area (Å²) in [6.45, 7) is 6.61. The minimum absolute atomic E-state index is 0.660. The van der Waals surface area contributed by atoms with Crippen molar-refractivity contribution in [3.63, 3.8) is 0 Å². The Morgan fingerprint density at radius 3 is 2.62 bits per heavy atom. The first-order valence-corrected chi connectivity index (χ1v) is 5.02. The topological polar surface area (TPSA) is 30.7 Å². The highest BCUT2D eigenvalue weighted by Gasteiger charge is 2.10. The molecule has 0 radical (unpaired) electrons. The van der Waals surface area contributed by atoms with E-state index in [1.807, 2.05) is 11.7 Å². The normalized spacial score (nSPS) is 11.2. The van der Waals surface area contributed by atoms with Crippen molar-refractivity contribution in [2.45, 2.75) is 40.0 Å². The molecule has 0 saturated heterocycles. The average molecular weight is 181 g/mol. The van der Waals surface area contributed by atoms with Crippen LogP contribution >= 0.6 is 0 Å². The highest BCUT2D eigenvalue weighted by atomic mass is 15.4. The predicted octanol–water partition coefficient (Wildman–Crippen LogP) is 1.97. The fourth-order valence-corrected chi connectivity index (χ4v) is 1.51. The van der Waals surface area contributed by atoms with E-state index in [4.69, 9.17) is 0 Å². The van der Waals surface area contributed by atoms with Crippen molar-refractivity contribution in [2.75, 3.05) is 0 Å². The predicted molar refractivity (Wildman–Crippen MR) is 53.5 cm³/mol. The molecule has 0 unspecified atom stereocenters. The van der Waals surface area contributed by atoms with Gasteiger partial charge >= 0.3 is 0 Å². The molecule has 13 heavy (non-hydrogen) atoms. The van der Waals surface area contributed by atoms with E-state index >= 15 is 0 Å². The van der Waals surface area contributed by atoms with E-state index in [1.54, 1.807) is 0 Å². The molecule has 0 spiro atoms. The molecule has 3 nitrogen and oxygen atoms in total. The van der Waals surface area contributed by atoms with E-state index < -0.39 is 0 Å². The lowest BCUT2D eigenvalue weighted by atomic mass is 10.1. The van der Waals surface area contributed by atoms with Gasteiger partial charge in [-0.25, -0.2) is 0 Å². The maximum atomic E-state index is 4.19. The molecule has 1 aromatic rings. The number of aromatic nitrogens is 3. The van der Waals surface area contributed by atoms with Crippen LogP contribution in [0.5, 0.6) is 0 Å². The molecule has 3 heteroatoms. The highest BCUT2D eigenvalue weighted by Crippen LogP contribution is 2.11. The first-order chi connectivity index (χ1) is 6.15. The number of hydrogen-bond acceptors (Lipinski definition) is 2. The van der Waals surface area contributed by atoms with Crippen LogP contribution in [-0.2, 0) is 19.9 Å². The molecule has 1 aromatic heterocycles. The largest absolute Gasteiger partial charge is 0.252 e. The lowest BCUT2D eigenvalue weighted by Gasteiger charge is -2.04. The SMILES string of the molecule is CCCc1c(CC(C)C)nnn1C. The van der Waals surface area contributed by atoms with E-state index in [1.165, 1.54) is 11.4 Å². The van der Waals surface area contributed by atoms with E-state index in [-0.39, 0.29) is 0 Å². The first-order valence-electron chi connectivity index (χ1n) is 5.02. The summed E-state index contributed by atoms with van der Waals surface area (Å²) in [7, 11) is 1.97. The van der Waals surface area contributed by atoms with Crippen LogP contribution in [0.25, 0.3) is 0 Å². The van der Waals surface area contributed by atoms with Crippen molar-refractivity contribution in [2.24, 2.45) is 13.0 Å². The lowest BCUT2D eigenvalue weighted by molar-refractivity contribution is 0.628. The van der Waals surface area contributed by atoms with E-state index in [2.05, 4.69) is 31.1 Å². The summed E-state index contributed by atoms with van der Waals surface area (Å²) in [4.78, 5) is 0. The second-order valence-electron chi connectivity index (χ2n) is 3.95. The van der Waals surface area contributed by atoms with Gasteiger partial charge in [-0.15, -0.1) is 5.10 Å². The number of aryl methyl sites for hydroxylation is 1. The minimum Gasteiger partial charge on any atom is -0.252 e. The van der Waals surface area contributed by atoms with Crippen LogP contribution in [0.1, 0.15) is 38.6 Å². The van der Waals surface area contributed by atoms with Crippen molar-refractivity contribution in [3.05, 3.63) is 11.4 Å². The van der Waals surface area contributed by atoms with Crippen molar-refractivity contribution in [3.8, 4) is 0 Å². The summed E-state index contributed by atoms with van der Waals surface area (Å²) >= 11 is 0. The third-order valence-corrected chi connectivity index (χ3v) is 2.11. The molecule has 0 aliphatic carbocycles. The van der Waals surface area contributed by atoms with E-state index in [9.17, 15) is 0 Å². The minimum atomic E-state index is 0.660. The van der Waals surface area contributed by atoms with Crippen LogP contribution in [0.2, 0.25) is 0 Å². The Labute approximate surface area is 80.1 Å². The lowest BCUT2D eigenvalue weighted by Crippen LogP contribution is -2.02. The summed E-state index contributed by atoms with van der Waals surface area (Å²) in [5.41, 5.74) is 2.48. The summed E-state index contributed by atoms with van der Waals surface area (Å²) in [6, 6.07) is 0. The fourth-order valence-electron chi connectivity index (χ4n) is 1.51. The molecule has 0 aliphatic heterocycles. The molecule has 0 N–H and O–H groups in total. The van der Waals surface area contributed by atoms with Gasteiger partial charge in [-0.2, -0.15) is 0 Å². The maximum absolute atomic E-state index is 4.19. The number of hydrogen-bond donors (Lipinski definition) is 0. The van der Waals surface area contributed by atoms with Crippen molar-refractivity contribution in [1.82, 2.24) is 15.0 Å². The Morgan fingerprint density at radius 2 is 2.08 bits per heavy atom. The van der Waals surface area contributed by atoms with Crippen LogP contribution in [0, 0.1) is 5.92 Å². The van der Waals surface area contributed by atoms with Gasteiger partial charge in [0.1, 0.15) is 0 Å². The molecule has 0 aromatic carbocycles. The zero-order valence-electron chi connectivity index (χ0n) is 9.04. The molecular formula is C10H19N3. The number of rotatable bonds is 4. The van der Waals surface area contributed by atoms with Gasteiger partial charge in [0.2, 0.25) is 0 Å². The Balaban J connectivity index is 2.80.